The smallest absolute Gasteiger partial charge is 0.0107 e. The van der Waals surface area contributed by atoms with Gasteiger partial charge < -0.3 is 0 Å². The Balaban J connectivity index is 3.06. The molecule has 1 aromatic rings. The minimum atomic E-state index is 1.12. The summed E-state index contributed by atoms with van der Waals surface area (Å²) in [4.78, 5) is 0. The monoisotopic (exact) mass is 168 g/mol. The molecule has 0 bridgehead atoms. The number of allylic oxidation sites excluding steroid dienone is 2. The predicted molar refractivity (Wildman–Crippen MR) is 59.3 cm³/mol. The molecule has 0 spiro atoms. The molecule has 1 rings (SSSR count). The van der Waals surface area contributed by atoms with E-state index in [4.69, 9.17) is 0 Å². The first-order valence-corrected chi connectivity index (χ1v) is 4.13. The standard InChI is InChI=1S/C13H12/c1-3-5-6-10-13-11-8-7-9-12(13)4-2/h3-5,7-11H,1-2H2. The van der Waals surface area contributed by atoms with Crippen LogP contribution in [0.15, 0.2) is 55.3 Å². The number of rotatable bonds is 3. The first-order valence-electron chi connectivity index (χ1n) is 4.13. The molecule has 0 amide bonds. The lowest BCUT2D eigenvalue weighted by molar-refractivity contribution is 1.62. The Morgan fingerprint density at radius 3 is 2.38 bits per heavy atom. The van der Waals surface area contributed by atoms with E-state index >= 15 is 0 Å². The molecule has 0 saturated heterocycles. The van der Waals surface area contributed by atoms with Gasteiger partial charge in [0.1, 0.15) is 0 Å². The predicted octanol–water partition coefficient (Wildman–Crippen LogP) is 3.68. The highest BCUT2D eigenvalue weighted by molar-refractivity contribution is 5.63. The topological polar surface area (TPSA) is 0 Å². The highest BCUT2D eigenvalue weighted by Crippen LogP contribution is 2.10. The molecule has 0 atom stereocenters. The summed E-state index contributed by atoms with van der Waals surface area (Å²) in [6.45, 7) is 7.32. The molecule has 0 aliphatic carbocycles. The average Bonchev–Trinajstić information content (AvgIpc) is 2.19. The molecule has 0 aliphatic heterocycles. The SMILES string of the molecule is C=CC=C=Cc1ccccc1C=C. The second-order valence-electron chi connectivity index (χ2n) is 2.55. The van der Waals surface area contributed by atoms with Gasteiger partial charge in [0.2, 0.25) is 0 Å². The van der Waals surface area contributed by atoms with Crippen LogP contribution >= 0.6 is 0 Å². The summed E-state index contributed by atoms with van der Waals surface area (Å²) in [6, 6.07) is 8.04. The molecule has 0 N–H and O–H groups in total. The van der Waals surface area contributed by atoms with Crippen molar-refractivity contribution in [3.8, 4) is 0 Å². The molecule has 64 valence electrons. The van der Waals surface area contributed by atoms with Crippen LogP contribution in [0.3, 0.4) is 0 Å². The van der Waals surface area contributed by atoms with Crippen LogP contribution in [0, 0.1) is 0 Å². The minimum absolute atomic E-state index is 1.12. The van der Waals surface area contributed by atoms with Crippen molar-refractivity contribution < 1.29 is 0 Å². The van der Waals surface area contributed by atoms with Gasteiger partial charge in [-0.2, -0.15) is 0 Å². The molecular formula is C13H12. The molecule has 0 heterocycles. The maximum Gasteiger partial charge on any atom is -0.0107 e. The van der Waals surface area contributed by atoms with Gasteiger partial charge in [-0.1, -0.05) is 49.6 Å². The van der Waals surface area contributed by atoms with Crippen LogP contribution < -0.4 is 0 Å². The third kappa shape index (κ3) is 2.62. The third-order valence-electron chi connectivity index (χ3n) is 1.67. The number of hydrogen-bond donors (Lipinski definition) is 0. The molecule has 13 heavy (non-hydrogen) atoms. The van der Waals surface area contributed by atoms with E-state index in [0.717, 1.165) is 11.1 Å². The van der Waals surface area contributed by atoms with Gasteiger partial charge in [-0.15, -0.1) is 5.73 Å². The zero-order valence-electron chi connectivity index (χ0n) is 7.53. The van der Waals surface area contributed by atoms with Gasteiger partial charge in [0.15, 0.2) is 0 Å². The van der Waals surface area contributed by atoms with Gasteiger partial charge in [0, 0.05) is 0 Å². The van der Waals surface area contributed by atoms with Crippen LogP contribution in [0.4, 0.5) is 0 Å². The van der Waals surface area contributed by atoms with Crippen molar-refractivity contribution in [1.82, 2.24) is 0 Å². The van der Waals surface area contributed by atoms with Crippen LogP contribution in [-0.4, -0.2) is 0 Å². The fourth-order valence-corrected chi connectivity index (χ4v) is 1.03. The van der Waals surface area contributed by atoms with E-state index in [2.05, 4.69) is 18.9 Å². The lowest BCUT2D eigenvalue weighted by Crippen LogP contribution is -1.76. The molecule has 1 aromatic carbocycles. The van der Waals surface area contributed by atoms with Crippen molar-refractivity contribution in [1.29, 1.82) is 0 Å². The average molecular weight is 168 g/mol. The largest absolute Gasteiger partial charge is 0.120 e. The van der Waals surface area contributed by atoms with E-state index in [0.29, 0.717) is 0 Å². The van der Waals surface area contributed by atoms with Crippen molar-refractivity contribution in [3.63, 3.8) is 0 Å². The number of benzene rings is 1. The van der Waals surface area contributed by atoms with E-state index in [1.165, 1.54) is 0 Å². The van der Waals surface area contributed by atoms with Crippen molar-refractivity contribution in [2.45, 2.75) is 0 Å². The summed E-state index contributed by atoms with van der Waals surface area (Å²) in [5.74, 6) is 0. The first-order chi connectivity index (χ1) is 6.38. The summed E-state index contributed by atoms with van der Waals surface area (Å²) in [6.07, 6.45) is 7.23. The second-order valence-corrected chi connectivity index (χ2v) is 2.55. The summed E-state index contributed by atoms with van der Waals surface area (Å²) < 4.78 is 0. The summed E-state index contributed by atoms with van der Waals surface area (Å²) in [7, 11) is 0. The van der Waals surface area contributed by atoms with Gasteiger partial charge in [-0.05, 0) is 23.3 Å². The minimum Gasteiger partial charge on any atom is -0.120 e. The summed E-state index contributed by atoms with van der Waals surface area (Å²) in [5.41, 5.74) is 5.25. The Morgan fingerprint density at radius 1 is 1.08 bits per heavy atom. The Morgan fingerprint density at radius 2 is 1.77 bits per heavy atom. The van der Waals surface area contributed by atoms with E-state index in [1.807, 2.05) is 36.4 Å². The van der Waals surface area contributed by atoms with Gasteiger partial charge in [0.25, 0.3) is 0 Å². The number of hydrogen-bond acceptors (Lipinski definition) is 0. The van der Waals surface area contributed by atoms with Crippen molar-refractivity contribution >= 4 is 12.2 Å². The molecule has 0 nitrogen and oxygen atoms in total. The Hall–Kier alpha value is -1.78. The Labute approximate surface area is 79.2 Å². The molecule has 0 saturated carbocycles. The molecule has 0 aliphatic rings. The van der Waals surface area contributed by atoms with Crippen LogP contribution in [0.1, 0.15) is 11.1 Å². The van der Waals surface area contributed by atoms with Crippen molar-refractivity contribution in [2.75, 3.05) is 0 Å². The molecule has 0 radical (unpaired) electrons. The maximum atomic E-state index is 3.74. The molecular weight excluding hydrogens is 156 g/mol. The third-order valence-corrected chi connectivity index (χ3v) is 1.67. The zero-order valence-corrected chi connectivity index (χ0v) is 7.53. The quantitative estimate of drug-likeness (QED) is 0.477. The zero-order chi connectivity index (χ0) is 9.52. The van der Waals surface area contributed by atoms with E-state index in [1.54, 1.807) is 12.2 Å². The van der Waals surface area contributed by atoms with Crippen molar-refractivity contribution in [3.05, 3.63) is 66.4 Å². The second kappa shape index (κ2) is 4.97. The van der Waals surface area contributed by atoms with Gasteiger partial charge >= 0.3 is 0 Å². The lowest BCUT2D eigenvalue weighted by Gasteiger charge is -1.96. The lowest BCUT2D eigenvalue weighted by atomic mass is 10.1. The maximum absolute atomic E-state index is 3.74. The molecule has 0 fully saturated rings. The van der Waals surface area contributed by atoms with Crippen LogP contribution in [0.25, 0.3) is 12.2 Å². The van der Waals surface area contributed by atoms with E-state index in [9.17, 15) is 0 Å². The summed E-state index contributed by atoms with van der Waals surface area (Å²) >= 11 is 0. The Bertz CT molecular complexity index is 363. The Kier molecular flexibility index (Phi) is 3.56. The van der Waals surface area contributed by atoms with E-state index < -0.39 is 0 Å². The van der Waals surface area contributed by atoms with Crippen LogP contribution in [0.5, 0.6) is 0 Å². The fraction of sp³-hybridized carbons (Fsp3) is 0. The normalized spacial score (nSPS) is 8.31. The van der Waals surface area contributed by atoms with E-state index in [-0.39, 0.29) is 0 Å². The van der Waals surface area contributed by atoms with Gasteiger partial charge in [-0.25, -0.2) is 0 Å². The summed E-state index contributed by atoms with van der Waals surface area (Å²) in [5, 5.41) is 0. The highest BCUT2D eigenvalue weighted by atomic mass is 13.9. The molecule has 0 aromatic heterocycles. The van der Waals surface area contributed by atoms with Gasteiger partial charge in [0.05, 0.1) is 0 Å². The van der Waals surface area contributed by atoms with Crippen LogP contribution in [0.2, 0.25) is 0 Å². The first kappa shape index (κ1) is 9.31. The van der Waals surface area contributed by atoms with Crippen molar-refractivity contribution in [2.24, 2.45) is 0 Å². The van der Waals surface area contributed by atoms with Gasteiger partial charge in [-0.3, -0.25) is 0 Å². The molecule has 0 heteroatoms. The fourth-order valence-electron chi connectivity index (χ4n) is 1.03. The highest BCUT2D eigenvalue weighted by Gasteiger charge is 1.90. The molecule has 0 unspecified atom stereocenters. The van der Waals surface area contributed by atoms with Crippen LogP contribution in [-0.2, 0) is 0 Å².